The van der Waals surface area contributed by atoms with Crippen LogP contribution in [0.1, 0.15) is 42.1 Å². The van der Waals surface area contributed by atoms with Crippen molar-refractivity contribution in [1.82, 2.24) is 4.90 Å². The van der Waals surface area contributed by atoms with Gasteiger partial charge in [0.15, 0.2) is 0 Å². The Kier molecular flexibility index (Phi) is 3.42. The Morgan fingerprint density at radius 3 is 3.05 bits per heavy atom. The van der Waals surface area contributed by atoms with Crippen LogP contribution in [0.25, 0.3) is 0 Å². The summed E-state index contributed by atoms with van der Waals surface area (Å²) in [7, 11) is 0. The lowest BCUT2D eigenvalue weighted by atomic mass is 9.94. The molecule has 1 aromatic carbocycles. The van der Waals surface area contributed by atoms with Gasteiger partial charge in [-0.3, -0.25) is 4.79 Å². The smallest absolute Gasteiger partial charge is 0.253 e. The van der Waals surface area contributed by atoms with E-state index >= 15 is 0 Å². The van der Waals surface area contributed by atoms with Gasteiger partial charge in [-0.25, -0.2) is 0 Å². The Bertz CT molecular complexity index is 525. The molecule has 0 radical (unpaired) electrons. The van der Waals surface area contributed by atoms with E-state index in [1.165, 1.54) is 5.56 Å². The minimum absolute atomic E-state index is 0.0401. The molecular weight excluding hydrogens is 252 g/mol. The van der Waals surface area contributed by atoms with E-state index in [0.29, 0.717) is 6.54 Å². The van der Waals surface area contributed by atoms with E-state index in [0.717, 1.165) is 50.0 Å². The Hall–Kier alpha value is -1.55. The first kappa shape index (κ1) is 13.4. The average molecular weight is 274 g/mol. The number of nitrogens with one attached hydrogen (secondary N) is 1. The molecule has 20 heavy (non-hydrogen) atoms. The number of piperidine rings is 1. The fraction of sp³-hybridized carbons (Fsp3) is 0.562. The maximum absolute atomic E-state index is 12.6. The number of rotatable bonds is 1. The first-order valence-electron chi connectivity index (χ1n) is 7.44. The van der Waals surface area contributed by atoms with Crippen molar-refractivity contribution in [1.29, 1.82) is 0 Å². The van der Waals surface area contributed by atoms with Gasteiger partial charge in [0.25, 0.3) is 5.91 Å². The SMILES string of the molecule is CC1(O)CCCN(C(=O)c2ccc3c(c2)CCCN3)C1. The van der Waals surface area contributed by atoms with E-state index in [4.69, 9.17) is 0 Å². The van der Waals surface area contributed by atoms with Crippen molar-refractivity contribution >= 4 is 11.6 Å². The van der Waals surface area contributed by atoms with Crippen LogP contribution in [0, 0.1) is 0 Å². The van der Waals surface area contributed by atoms with Gasteiger partial charge in [0, 0.05) is 30.9 Å². The number of β-amino-alcohol motifs (C(OH)–C–C–N with tert-alkyl or cyclic N) is 1. The van der Waals surface area contributed by atoms with Crippen LogP contribution >= 0.6 is 0 Å². The van der Waals surface area contributed by atoms with Gasteiger partial charge in [-0.15, -0.1) is 0 Å². The Labute approximate surface area is 119 Å². The lowest BCUT2D eigenvalue weighted by Gasteiger charge is -2.37. The molecule has 1 saturated heterocycles. The fourth-order valence-electron chi connectivity index (χ4n) is 3.18. The highest BCUT2D eigenvalue weighted by Crippen LogP contribution is 2.26. The largest absolute Gasteiger partial charge is 0.388 e. The number of aliphatic hydroxyl groups is 1. The van der Waals surface area contributed by atoms with Crippen LogP contribution in [-0.4, -0.2) is 41.1 Å². The molecular formula is C16H22N2O2. The highest BCUT2D eigenvalue weighted by Gasteiger charge is 2.31. The lowest BCUT2D eigenvalue weighted by molar-refractivity contribution is -0.0107. The molecule has 0 bridgehead atoms. The van der Waals surface area contributed by atoms with Gasteiger partial charge in [0.1, 0.15) is 0 Å². The molecule has 1 fully saturated rings. The second-order valence-electron chi connectivity index (χ2n) is 6.23. The topological polar surface area (TPSA) is 52.6 Å². The summed E-state index contributed by atoms with van der Waals surface area (Å²) in [5.41, 5.74) is 2.37. The molecule has 108 valence electrons. The fourth-order valence-corrected chi connectivity index (χ4v) is 3.18. The van der Waals surface area contributed by atoms with E-state index in [-0.39, 0.29) is 5.91 Å². The Morgan fingerprint density at radius 1 is 1.40 bits per heavy atom. The minimum Gasteiger partial charge on any atom is -0.388 e. The number of fused-ring (bicyclic) bond motifs is 1. The predicted octanol–water partition coefficient (Wildman–Crippen LogP) is 2.03. The first-order chi connectivity index (χ1) is 9.55. The minimum atomic E-state index is -0.746. The van der Waals surface area contributed by atoms with Gasteiger partial charge in [0.2, 0.25) is 0 Å². The summed E-state index contributed by atoms with van der Waals surface area (Å²) in [4.78, 5) is 14.3. The van der Waals surface area contributed by atoms with Crippen LogP contribution in [0.4, 0.5) is 5.69 Å². The van der Waals surface area contributed by atoms with Crippen molar-refractivity contribution in [3.05, 3.63) is 29.3 Å². The van der Waals surface area contributed by atoms with Crippen molar-refractivity contribution in [2.45, 2.75) is 38.2 Å². The van der Waals surface area contributed by atoms with Crippen molar-refractivity contribution in [3.8, 4) is 0 Å². The number of benzene rings is 1. The summed E-state index contributed by atoms with van der Waals surface area (Å²) in [5.74, 6) is 0.0401. The van der Waals surface area contributed by atoms with E-state index in [9.17, 15) is 9.90 Å². The zero-order chi connectivity index (χ0) is 14.2. The molecule has 0 spiro atoms. The Morgan fingerprint density at radius 2 is 2.25 bits per heavy atom. The van der Waals surface area contributed by atoms with Gasteiger partial charge >= 0.3 is 0 Å². The molecule has 0 saturated carbocycles. The maximum Gasteiger partial charge on any atom is 0.253 e. The average Bonchev–Trinajstić information content (AvgIpc) is 2.45. The monoisotopic (exact) mass is 274 g/mol. The number of carbonyl (C=O) groups is 1. The third kappa shape index (κ3) is 2.66. The second-order valence-corrected chi connectivity index (χ2v) is 6.23. The molecule has 2 aliphatic rings. The summed E-state index contributed by atoms with van der Waals surface area (Å²) in [6.07, 6.45) is 3.78. The molecule has 2 N–H and O–H groups in total. The van der Waals surface area contributed by atoms with Crippen LogP contribution in [0.5, 0.6) is 0 Å². The van der Waals surface area contributed by atoms with Gasteiger partial charge in [0.05, 0.1) is 5.60 Å². The summed E-state index contributed by atoms with van der Waals surface area (Å²) < 4.78 is 0. The third-order valence-electron chi connectivity index (χ3n) is 4.25. The summed E-state index contributed by atoms with van der Waals surface area (Å²) in [6.45, 7) is 3.99. The van der Waals surface area contributed by atoms with Crippen molar-refractivity contribution in [2.75, 3.05) is 25.0 Å². The quantitative estimate of drug-likeness (QED) is 0.824. The van der Waals surface area contributed by atoms with Crippen LogP contribution in [-0.2, 0) is 6.42 Å². The second kappa shape index (κ2) is 5.09. The van der Waals surface area contributed by atoms with Crippen LogP contribution in [0.3, 0.4) is 0 Å². The number of hydrogen-bond acceptors (Lipinski definition) is 3. The molecule has 4 heteroatoms. The number of carbonyl (C=O) groups excluding carboxylic acids is 1. The van der Waals surface area contributed by atoms with Crippen molar-refractivity contribution in [3.63, 3.8) is 0 Å². The lowest BCUT2D eigenvalue weighted by Crippen LogP contribution is -2.48. The first-order valence-corrected chi connectivity index (χ1v) is 7.44. The molecule has 2 heterocycles. The maximum atomic E-state index is 12.6. The molecule has 4 nitrogen and oxygen atoms in total. The van der Waals surface area contributed by atoms with Gasteiger partial charge in [-0.2, -0.15) is 0 Å². The van der Waals surface area contributed by atoms with E-state index < -0.39 is 5.60 Å². The van der Waals surface area contributed by atoms with Crippen molar-refractivity contribution < 1.29 is 9.90 Å². The van der Waals surface area contributed by atoms with Crippen LogP contribution < -0.4 is 5.32 Å². The molecule has 1 amide bonds. The molecule has 0 aliphatic carbocycles. The zero-order valence-electron chi connectivity index (χ0n) is 12.0. The van der Waals surface area contributed by atoms with E-state index in [1.54, 1.807) is 4.90 Å². The van der Waals surface area contributed by atoms with Gasteiger partial charge in [-0.1, -0.05) is 0 Å². The number of nitrogens with zero attached hydrogens (tertiary/aromatic N) is 1. The molecule has 2 aliphatic heterocycles. The number of anilines is 1. The van der Waals surface area contributed by atoms with E-state index in [2.05, 4.69) is 5.32 Å². The molecule has 1 unspecified atom stereocenters. The molecule has 0 aromatic heterocycles. The van der Waals surface area contributed by atoms with Gasteiger partial charge < -0.3 is 15.3 Å². The third-order valence-corrected chi connectivity index (χ3v) is 4.25. The highest BCUT2D eigenvalue weighted by molar-refractivity contribution is 5.95. The zero-order valence-corrected chi connectivity index (χ0v) is 12.0. The number of aryl methyl sites for hydroxylation is 1. The molecule has 3 rings (SSSR count). The van der Waals surface area contributed by atoms with Crippen molar-refractivity contribution in [2.24, 2.45) is 0 Å². The Balaban J connectivity index is 1.80. The highest BCUT2D eigenvalue weighted by atomic mass is 16.3. The molecule has 1 aromatic rings. The number of amides is 1. The van der Waals surface area contributed by atoms with Crippen LogP contribution in [0.2, 0.25) is 0 Å². The summed E-state index contributed by atoms with van der Waals surface area (Å²) in [5, 5.41) is 13.5. The van der Waals surface area contributed by atoms with Crippen LogP contribution in [0.15, 0.2) is 18.2 Å². The predicted molar refractivity (Wildman–Crippen MR) is 79.0 cm³/mol. The number of likely N-dealkylation sites (tertiary alicyclic amines) is 1. The molecule has 1 atom stereocenters. The standard InChI is InChI=1S/C16H22N2O2/c1-16(20)7-3-9-18(11-16)15(19)13-5-6-14-12(10-13)4-2-8-17-14/h5-6,10,17,20H,2-4,7-9,11H2,1H3. The normalized spacial score (nSPS) is 25.8. The summed E-state index contributed by atoms with van der Waals surface area (Å²) in [6, 6.07) is 5.90. The number of hydrogen-bond donors (Lipinski definition) is 2. The summed E-state index contributed by atoms with van der Waals surface area (Å²) >= 11 is 0. The van der Waals surface area contributed by atoms with E-state index in [1.807, 2.05) is 25.1 Å². The van der Waals surface area contributed by atoms with Gasteiger partial charge in [-0.05, 0) is 56.4 Å².